The number of carbonyl (C=O) groups excluding carboxylic acids is 3. The molecule has 174 valence electrons. The Balaban J connectivity index is 2.82. The molecule has 1 atom stereocenters. The molecule has 0 spiro atoms. The summed E-state index contributed by atoms with van der Waals surface area (Å²) in [6.45, 7) is 9.48. The Morgan fingerprint density at radius 1 is 0.935 bits per heavy atom. The largest absolute Gasteiger partial charge is 0.460 e. The standard InChI is InChI=1S/C20H30N2O8S/c1-19(2,3)29-16(23)12-15(17(24)30-20(4,5)6)21-31(26,27)22-18(25)28-13-14-10-8-7-9-11-14/h7-11,15,21H,12-13H2,1-6H3,(H,22,25). The molecule has 0 aliphatic carbocycles. The third-order valence-corrected chi connectivity index (χ3v) is 4.24. The number of hydrogen-bond acceptors (Lipinski definition) is 8. The summed E-state index contributed by atoms with van der Waals surface area (Å²) in [7, 11) is -4.56. The molecule has 1 unspecified atom stereocenters. The molecule has 0 saturated carbocycles. The Labute approximate surface area is 182 Å². The minimum absolute atomic E-state index is 0.157. The average molecular weight is 459 g/mol. The van der Waals surface area contributed by atoms with Gasteiger partial charge in [0, 0.05) is 0 Å². The fourth-order valence-corrected chi connectivity index (χ4v) is 3.07. The molecule has 11 heteroatoms. The van der Waals surface area contributed by atoms with Gasteiger partial charge in [-0.1, -0.05) is 30.3 Å². The van der Waals surface area contributed by atoms with Gasteiger partial charge in [0.05, 0.1) is 6.42 Å². The summed E-state index contributed by atoms with van der Waals surface area (Å²) < 4.78 is 43.4. The van der Waals surface area contributed by atoms with E-state index in [9.17, 15) is 22.8 Å². The van der Waals surface area contributed by atoms with Crippen molar-refractivity contribution in [2.24, 2.45) is 0 Å². The van der Waals surface area contributed by atoms with E-state index in [0.29, 0.717) is 5.56 Å². The van der Waals surface area contributed by atoms with Crippen LogP contribution in [0.15, 0.2) is 30.3 Å². The van der Waals surface area contributed by atoms with Crippen molar-refractivity contribution in [2.45, 2.75) is 71.8 Å². The topological polar surface area (TPSA) is 137 Å². The first kappa shape index (κ1) is 26.4. The Kier molecular flexibility index (Phi) is 9.00. The van der Waals surface area contributed by atoms with Crippen molar-refractivity contribution in [3.05, 3.63) is 35.9 Å². The monoisotopic (exact) mass is 458 g/mol. The molecule has 2 N–H and O–H groups in total. The zero-order chi connectivity index (χ0) is 23.9. The third-order valence-electron chi connectivity index (χ3n) is 3.21. The lowest BCUT2D eigenvalue weighted by molar-refractivity contribution is -0.164. The van der Waals surface area contributed by atoms with Gasteiger partial charge in [-0.3, -0.25) is 9.59 Å². The van der Waals surface area contributed by atoms with Gasteiger partial charge in [0.1, 0.15) is 23.9 Å². The zero-order valence-corrected chi connectivity index (χ0v) is 19.4. The summed E-state index contributed by atoms with van der Waals surface area (Å²) >= 11 is 0. The Hall–Kier alpha value is -2.66. The van der Waals surface area contributed by atoms with E-state index in [1.54, 1.807) is 76.6 Å². The van der Waals surface area contributed by atoms with Crippen LogP contribution in [-0.4, -0.2) is 43.7 Å². The van der Waals surface area contributed by atoms with E-state index in [-0.39, 0.29) is 6.61 Å². The van der Waals surface area contributed by atoms with Crippen LogP contribution in [0.2, 0.25) is 0 Å². The Bertz CT molecular complexity index is 871. The SMILES string of the molecule is CC(C)(C)OC(=O)CC(NS(=O)(=O)NC(=O)OCc1ccccc1)C(=O)OC(C)(C)C. The molecule has 1 amide bonds. The molecule has 0 radical (unpaired) electrons. The second-order valence-corrected chi connectivity index (χ2v) is 10.1. The number of amides is 1. The van der Waals surface area contributed by atoms with Crippen LogP contribution >= 0.6 is 0 Å². The molecular formula is C20H30N2O8S. The first-order valence-corrected chi connectivity index (χ1v) is 11.0. The van der Waals surface area contributed by atoms with Gasteiger partial charge < -0.3 is 14.2 Å². The Morgan fingerprint density at radius 2 is 1.48 bits per heavy atom. The van der Waals surface area contributed by atoms with Gasteiger partial charge in [-0.2, -0.15) is 13.1 Å². The number of benzene rings is 1. The minimum Gasteiger partial charge on any atom is -0.460 e. The summed E-state index contributed by atoms with van der Waals surface area (Å²) in [6, 6.07) is 7.01. The van der Waals surface area contributed by atoms with Crippen LogP contribution in [0.3, 0.4) is 0 Å². The fraction of sp³-hybridized carbons (Fsp3) is 0.550. The highest BCUT2D eigenvalue weighted by Crippen LogP contribution is 2.13. The van der Waals surface area contributed by atoms with E-state index in [4.69, 9.17) is 14.2 Å². The molecule has 0 aliphatic heterocycles. The molecular weight excluding hydrogens is 428 g/mol. The molecule has 0 bridgehead atoms. The normalized spacial score (nSPS) is 13.1. The van der Waals surface area contributed by atoms with Gasteiger partial charge in [-0.25, -0.2) is 9.52 Å². The smallest absolute Gasteiger partial charge is 0.422 e. The van der Waals surface area contributed by atoms with E-state index >= 15 is 0 Å². The summed E-state index contributed by atoms with van der Waals surface area (Å²) in [6.07, 6.45) is -1.89. The molecule has 0 heterocycles. The lowest BCUT2D eigenvalue weighted by Crippen LogP contribution is -2.50. The van der Waals surface area contributed by atoms with Gasteiger partial charge >= 0.3 is 28.2 Å². The molecule has 1 aromatic carbocycles. The fourth-order valence-electron chi connectivity index (χ4n) is 2.17. The minimum atomic E-state index is -4.56. The van der Waals surface area contributed by atoms with E-state index in [2.05, 4.69) is 0 Å². The number of carbonyl (C=O) groups is 3. The molecule has 1 aromatic rings. The lowest BCUT2D eigenvalue weighted by Gasteiger charge is -2.25. The maximum Gasteiger partial charge on any atom is 0.422 e. The number of esters is 2. The summed E-state index contributed by atoms with van der Waals surface area (Å²) in [5, 5.41) is 0. The van der Waals surface area contributed by atoms with Gasteiger partial charge in [-0.15, -0.1) is 0 Å². The first-order chi connectivity index (χ1) is 14.1. The molecule has 0 saturated heterocycles. The van der Waals surface area contributed by atoms with E-state index in [1.165, 1.54) is 0 Å². The number of nitrogens with one attached hydrogen (secondary N) is 2. The number of ether oxygens (including phenoxy) is 3. The second kappa shape index (κ2) is 10.6. The van der Waals surface area contributed by atoms with Crippen LogP contribution in [-0.2, 0) is 40.6 Å². The van der Waals surface area contributed by atoms with E-state index in [0.717, 1.165) is 0 Å². The highest BCUT2D eigenvalue weighted by atomic mass is 32.2. The van der Waals surface area contributed by atoms with Crippen molar-refractivity contribution in [1.29, 1.82) is 0 Å². The van der Waals surface area contributed by atoms with Gasteiger partial charge in [0.15, 0.2) is 0 Å². The number of rotatable bonds is 8. The summed E-state index contributed by atoms with van der Waals surface area (Å²) in [5.41, 5.74) is -1.12. The van der Waals surface area contributed by atoms with Crippen LogP contribution in [0.1, 0.15) is 53.5 Å². The van der Waals surface area contributed by atoms with Gasteiger partial charge in [0.2, 0.25) is 0 Å². The van der Waals surface area contributed by atoms with Crippen LogP contribution in [0.4, 0.5) is 4.79 Å². The van der Waals surface area contributed by atoms with Crippen LogP contribution in [0, 0.1) is 0 Å². The molecule has 0 aromatic heterocycles. The molecule has 0 aliphatic rings. The predicted octanol–water partition coefficient (Wildman–Crippen LogP) is 2.19. The van der Waals surface area contributed by atoms with Crippen molar-refractivity contribution >= 4 is 28.2 Å². The molecule has 10 nitrogen and oxygen atoms in total. The van der Waals surface area contributed by atoms with Gasteiger partial charge in [-0.05, 0) is 47.1 Å². The molecule has 0 fully saturated rings. The first-order valence-electron chi connectivity index (χ1n) is 9.52. The lowest BCUT2D eigenvalue weighted by atomic mass is 10.1. The van der Waals surface area contributed by atoms with Crippen molar-refractivity contribution in [3.8, 4) is 0 Å². The maximum absolute atomic E-state index is 12.4. The second-order valence-electron chi connectivity index (χ2n) is 8.66. The van der Waals surface area contributed by atoms with Crippen LogP contribution in [0.5, 0.6) is 0 Å². The summed E-state index contributed by atoms with van der Waals surface area (Å²) in [5.74, 6) is -1.82. The predicted molar refractivity (Wildman–Crippen MR) is 112 cm³/mol. The number of hydrogen-bond donors (Lipinski definition) is 2. The highest BCUT2D eigenvalue weighted by Gasteiger charge is 2.33. The third kappa shape index (κ3) is 11.9. The zero-order valence-electron chi connectivity index (χ0n) is 18.6. The highest BCUT2D eigenvalue weighted by molar-refractivity contribution is 7.88. The maximum atomic E-state index is 12.4. The summed E-state index contributed by atoms with van der Waals surface area (Å²) in [4.78, 5) is 36.4. The van der Waals surface area contributed by atoms with Crippen LogP contribution < -0.4 is 9.44 Å². The Morgan fingerprint density at radius 3 is 2.00 bits per heavy atom. The van der Waals surface area contributed by atoms with E-state index < -0.39 is 51.9 Å². The van der Waals surface area contributed by atoms with Crippen molar-refractivity contribution < 1.29 is 37.0 Å². The van der Waals surface area contributed by atoms with Gasteiger partial charge in [0.25, 0.3) is 0 Å². The van der Waals surface area contributed by atoms with Crippen molar-refractivity contribution in [1.82, 2.24) is 9.44 Å². The molecule has 1 rings (SSSR count). The van der Waals surface area contributed by atoms with E-state index in [1.807, 2.05) is 4.72 Å². The molecule has 31 heavy (non-hydrogen) atoms. The van der Waals surface area contributed by atoms with Crippen molar-refractivity contribution in [3.63, 3.8) is 0 Å². The van der Waals surface area contributed by atoms with Crippen molar-refractivity contribution in [2.75, 3.05) is 0 Å². The average Bonchev–Trinajstić information content (AvgIpc) is 2.56. The quantitative estimate of drug-likeness (QED) is 0.447. The van der Waals surface area contributed by atoms with Crippen LogP contribution in [0.25, 0.3) is 0 Å².